The van der Waals surface area contributed by atoms with Gasteiger partial charge in [0.05, 0.1) is 0 Å². The summed E-state index contributed by atoms with van der Waals surface area (Å²) in [6, 6.07) is 4.86. The molecule has 0 saturated carbocycles. The highest BCUT2D eigenvalue weighted by Crippen LogP contribution is 2.22. The highest BCUT2D eigenvalue weighted by atomic mass is 32.1. The van der Waals surface area contributed by atoms with Crippen LogP contribution in [0.2, 0.25) is 0 Å². The molecule has 0 aliphatic heterocycles. The summed E-state index contributed by atoms with van der Waals surface area (Å²) in [5.41, 5.74) is 6.01. The maximum atomic E-state index is 5.89. The first-order valence-corrected chi connectivity index (χ1v) is 6.87. The van der Waals surface area contributed by atoms with Gasteiger partial charge in [-0.15, -0.1) is 11.3 Å². The van der Waals surface area contributed by atoms with Crippen molar-refractivity contribution in [2.45, 2.75) is 45.2 Å². The molecule has 1 heterocycles. The molecular weight excluding hydrogens is 216 g/mol. The average molecular weight is 240 g/mol. The normalized spacial score (nSPS) is 17.4. The Bertz CT molecular complexity index is 291. The summed E-state index contributed by atoms with van der Waals surface area (Å²) >= 11 is 1.84. The van der Waals surface area contributed by atoms with E-state index in [2.05, 4.69) is 50.2 Å². The van der Waals surface area contributed by atoms with Gasteiger partial charge >= 0.3 is 0 Å². The van der Waals surface area contributed by atoms with E-state index in [1.807, 2.05) is 11.3 Å². The molecule has 0 fully saturated rings. The number of hydrogen-bond donors (Lipinski definition) is 1. The summed E-state index contributed by atoms with van der Waals surface area (Å²) in [6.45, 7) is 7.46. The highest BCUT2D eigenvalue weighted by Gasteiger charge is 2.28. The third-order valence-corrected chi connectivity index (χ3v) is 4.69. The minimum atomic E-state index is 0.122. The summed E-state index contributed by atoms with van der Waals surface area (Å²) in [5.74, 6) is 0. The third kappa shape index (κ3) is 3.06. The fourth-order valence-corrected chi connectivity index (χ4v) is 2.75. The lowest BCUT2D eigenvalue weighted by Crippen LogP contribution is -2.53. The second-order valence-corrected chi connectivity index (χ2v) is 5.83. The van der Waals surface area contributed by atoms with Gasteiger partial charge < -0.3 is 5.73 Å². The highest BCUT2D eigenvalue weighted by molar-refractivity contribution is 7.09. The monoisotopic (exact) mass is 240 g/mol. The van der Waals surface area contributed by atoms with Crippen molar-refractivity contribution < 1.29 is 0 Å². The van der Waals surface area contributed by atoms with Crippen molar-refractivity contribution in [1.29, 1.82) is 0 Å². The Hall–Kier alpha value is -0.380. The molecule has 0 aliphatic carbocycles. The van der Waals surface area contributed by atoms with E-state index in [1.165, 1.54) is 4.88 Å². The molecule has 0 aromatic carbocycles. The Morgan fingerprint density at radius 3 is 2.69 bits per heavy atom. The van der Waals surface area contributed by atoms with Crippen LogP contribution in [0.1, 0.15) is 32.1 Å². The van der Waals surface area contributed by atoms with Crippen LogP contribution in [0.25, 0.3) is 0 Å². The molecule has 2 nitrogen and oxygen atoms in total. The van der Waals surface area contributed by atoms with E-state index in [9.17, 15) is 0 Å². The minimum Gasteiger partial charge on any atom is -0.329 e. The van der Waals surface area contributed by atoms with Crippen molar-refractivity contribution in [3.63, 3.8) is 0 Å². The SMILES string of the molecule is CCC(C)(CN)N(C)C(C)Cc1cccs1. The van der Waals surface area contributed by atoms with E-state index < -0.39 is 0 Å². The van der Waals surface area contributed by atoms with Crippen molar-refractivity contribution >= 4 is 11.3 Å². The lowest BCUT2D eigenvalue weighted by molar-refractivity contribution is 0.0967. The van der Waals surface area contributed by atoms with Gasteiger partial charge in [0.15, 0.2) is 0 Å². The van der Waals surface area contributed by atoms with Gasteiger partial charge in [0.1, 0.15) is 0 Å². The summed E-state index contributed by atoms with van der Waals surface area (Å²) in [5, 5.41) is 2.14. The lowest BCUT2D eigenvalue weighted by Gasteiger charge is -2.41. The predicted octanol–water partition coefficient (Wildman–Crippen LogP) is 2.74. The van der Waals surface area contributed by atoms with Gasteiger partial charge in [-0.2, -0.15) is 0 Å². The first-order chi connectivity index (χ1) is 7.53. The molecular formula is C13H24N2S. The van der Waals surface area contributed by atoms with Crippen LogP contribution in [0.5, 0.6) is 0 Å². The molecule has 2 N–H and O–H groups in total. The predicted molar refractivity (Wildman–Crippen MR) is 73.0 cm³/mol. The maximum Gasteiger partial charge on any atom is 0.0300 e. The van der Waals surface area contributed by atoms with Crippen LogP contribution in [-0.2, 0) is 6.42 Å². The van der Waals surface area contributed by atoms with Crippen LogP contribution in [0.4, 0.5) is 0 Å². The Labute approximate surface area is 103 Å². The second kappa shape index (κ2) is 5.80. The van der Waals surface area contributed by atoms with Gasteiger partial charge in [-0.1, -0.05) is 13.0 Å². The largest absolute Gasteiger partial charge is 0.329 e. The van der Waals surface area contributed by atoms with Crippen LogP contribution in [0, 0.1) is 0 Å². The van der Waals surface area contributed by atoms with Gasteiger partial charge in [0.25, 0.3) is 0 Å². The second-order valence-electron chi connectivity index (χ2n) is 4.80. The molecule has 1 rings (SSSR count). The van der Waals surface area contributed by atoms with Crippen molar-refractivity contribution in [3.8, 4) is 0 Å². The number of thiophene rings is 1. The zero-order chi connectivity index (χ0) is 12.2. The minimum absolute atomic E-state index is 0.122. The number of likely N-dealkylation sites (N-methyl/N-ethyl adjacent to an activating group) is 1. The molecule has 0 saturated heterocycles. The zero-order valence-electron chi connectivity index (χ0n) is 10.9. The molecule has 0 bridgehead atoms. The van der Waals surface area contributed by atoms with Crippen LogP contribution in [0.3, 0.4) is 0 Å². The molecule has 16 heavy (non-hydrogen) atoms. The van der Waals surface area contributed by atoms with Gasteiger partial charge in [-0.05, 0) is 45.2 Å². The summed E-state index contributed by atoms with van der Waals surface area (Å²) in [4.78, 5) is 3.88. The zero-order valence-corrected chi connectivity index (χ0v) is 11.7. The molecule has 0 amide bonds. The Kier molecular flexibility index (Phi) is 4.96. The summed E-state index contributed by atoms with van der Waals surface area (Å²) in [6.07, 6.45) is 2.21. The van der Waals surface area contributed by atoms with E-state index in [-0.39, 0.29) is 5.54 Å². The Balaban J connectivity index is 2.62. The molecule has 1 aromatic rings. The van der Waals surface area contributed by atoms with E-state index in [4.69, 9.17) is 5.73 Å². The molecule has 2 unspecified atom stereocenters. The van der Waals surface area contributed by atoms with Gasteiger partial charge in [-0.25, -0.2) is 0 Å². The van der Waals surface area contributed by atoms with Gasteiger partial charge in [0.2, 0.25) is 0 Å². The quantitative estimate of drug-likeness (QED) is 0.828. The molecule has 1 aromatic heterocycles. The van der Waals surface area contributed by atoms with Crippen LogP contribution in [-0.4, -0.2) is 30.1 Å². The average Bonchev–Trinajstić information content (AvgIpc) is 2.79. The van der Waals surface area contributed by atoms with Crippen molar-refractivity contribution in [2.24, 2.45) is 5.73 Å². The van der Waals surface area contributed by atoms with Crippen molar-refractivity contribution in [3.05, 3.63) is 22.4 Å². The van der Waals surface area contributed by atoms with Crippen LogP contribution in [0.15, 0.2) is 17.5 Å². The van der Waals surface area contributed by atoms with E-state index >= 15 is 0 Å². The summed E-state index contributed by atoms with van der Waals surface area (Å²) < 4.78 is 0. The number of rotatable bonds is 6. The van der Waals surface area contributed by atoms with E-state index in [0.29, 0.717) is 6.04 Å². The standard InChI is InChI=1S/C13H24N2S/c1-5-13(3,10-14)15(4)11(2)9-12-7-6-8-16-12/h6-8,11H,5,9-10,14H2,1-4H3. The first-order valence-electron chi connectivity index (χ1n) is 5.99. The topological polar surface area (TPSA) is 29.3 Å². The Morgan fingerprint density at radius 1 is 1.56 bits per heavy atom. The number of nitrogens with two attached hydrogens (primary N) is 1. The van der Waals surface area contributed by atoms with Gasteiger partial charge in [0, 0.05) is 23.0 Å². The third-order valence-electron chi connectivity index (χ3n) is 3.79. The molecule has 0 radical (unpaired) electrons. The molecule has 2 atom stereocenters. The maximum absolute atomic E-state index is 5.89. The molecule has 3 heteroatoms. The first kappa shape index (κ1) is 13.7. The number of nitrogens with zero attached hydrogens (tertiary/aromatic N) is 1. The van der Waals surface area contributed by atoms with Crippen LogP contribution >= 0.6 is 11.3 Å². The lowest BCUT2D eigenvalue weighted by atomic mass is 9.94. The fourth-order valence-electron chi connectivity index (χ4n) is 1.93. The number of hydrogen-bond acceptors (Lipinski definition) is 3. The molecule has 0 aliphatic rings. The van der Waals surface area contributed by atoms with E-state index in [0.717, 1.165) is 19.4 Å². The van der Waals surface area contributed by atoms with Crippen molar-refractivity contribution in [2.75, 3.05) is 13.6 Å². The molecule has 92 valence electrons. The Morgan fingerprint density at radius 2 is 2.25 bits per heavy atom. The van der Waals surface area contributed by atoms with E-state index in [1.54, 1.807) is 0 Å². The van der Waals surface area contributed by atoms with Gasteiger partial charge in [-0.3, -0.25) is 4.90 Å². The molecule has 0 spiro atoms. The van der Waals surface area contributed by atoms with Crippen molar-refractivity contribution in [1.82, 2.24) is 4.90 Å². The smallest absolute Gasteiger partial charge is 0.0300 e. The summed E-state index contributed by atoms with van der Waals surface area (Å²) in [7, 11) is 2.19. The fraction of sp³-hybridized carbons (Fsp3) is 0.692. The van der Waals surface area contributed by atoms with Crippen LogP contribution < -0.4 is 5.73 Å².